The standard InChI is InChI=1S/C33H37N2SSi2.C13H24O2.Ir/c1-21-20-34-30(24-17-22-11-9-10-12-25(22)26(18-24)33(2,3)4)31-29(21)35-32(36-31)23-13-14-27-28(19-23)38(7,8)16-15-37(27,5)6;1-5-10(6-2)12(14)9-13(15)11(7-3)8-4;/h9-14,18-20H,15-16H2,1-8H3;9-11,14H,5-8H2,1-4H3;/q-1;;/b;12-9-;. The van der Waals surface area contributed by atoms with E-state index in [9.17, 15) is 9.90 Å². The molecule has 0 atom stereocenters. The van der Waals surface area contributed by atoms with E-state index in [1.54, 1.807) is 21.7 Å². The second-order valence-electron chi connectivity index (χ2n) is 17.4. The summed E-state index contributed by atoms with van der Waals surface area (Å²) in [4.78, 5) is 21.9. The fourth-order valence-corrected chi connectivity index (χ4v) is 19.2. The number of nitrogens with zero attached hydrogens (tertiary/aromatic N) is 2. The van der Waals surface area contributed by atoms with E-state index in [2.05, 4.69) is 108 Å². The van der Waals surface area contributed by atoms with Crippen molar-refractivity contribution in [2.45, 2.75) is 125 Å². The third-order valence-electron chi connectivity index (χ3n) is 11.6. The summed E-state index contributed by atoms with van der Waals surface area (Å²) < 4.78 is 1.16. The molecular weight excluding hydrogens is 893 g/mol. The molecule has 1 radical (unpaired) electrons. The molecular formula is C46H61IrN2O2SSi2-. The van der Waals surface area contributed by atoms with Crippen LogP contribution in [0.1, 0.15) is 85.3 Å². The Morgan fingerprint density at radius 1 is 0.907 bits per heavy atom. The van der Waals surface area contributed by atoms with Crippen molar-refractivity contribution in [2.24, 2.45) is 11.8 Å². The summed E-state index contributed by atoms with van der Waals surface area (Å²) >= 11 is 1.79. The van der Waals surface area contributed by atoms with Crippen LogP contribution in [-0.2, 0) is 30.3 Å². The number of carbonyl (C=O) groups is 1. The maximum atomic E-state index is 11.7. The van der Waals surface area contributed by atoms with Crippen molar-refractivity contribution in [3.63, 3.8) is 0 Å². The maximum absolute atomic E-state index is 11.7. The second kappa shape index (κ2) is 17.6. The Morgan fingerprint density at radius 2 is 1.52 bits per heavy atom. The quantitative estimate of drug-likeness (QED) is 0.0692. The Kier molecular flexibility index (Phi) is 14.3. The number of rotatable bonds is 9. The van der Waals surface area contributed by atoms with E-state index >= 15 is 0 Å². The second-order valence-corrected chi connectivity index (χ2v) is 28.0. The number of hydrogen-bond acceptors (Lipinski definition) is 5. The fraction of sp³-hybridized carbons (Fsp3) is 0.457. The number of ketones is 1. The van der Waals surface area contributed by atoms with E-state index in [4.69, 9.17) is 9.97 Å². The van der Waals surface area contributed by atoms with Crippen molar-refractivity contribution in [1.82, 2.24) is 9.97 Å². The monoisotopic (exact) mass is 954 g/mol. The zero-order valence-corrected chi connectivity index (χ0v) is 39.9. The van der Waals surface area contributed by atoms with Gasteiger partial charge in [0.15, 0.2) is 5.78 Å². The van der Waals surface area contributed by atoms with E-state index in [1.807, 2.05) is 33.9 Å². The van der Waals surface area contributed by atoms with Gasteiger partial charge >= 0.3 is 0 Å². The first-order chi connectivity index (χ1) is 24.9. The van der Waals surface area contributed by atoms with Gasteiger partial charge in [-0.1, -0.05) is 144 Å². The molecule has 3 heterocycles. The largest absolute Gasteiger partial charge is 0.512 e. The summed E-state index contributed by atoms with van der Waals surface area (Å²) in [5.41, 5.74) is 6.86. The number of thiazole rings is 1. The van der Waals surface area contributed by atoms with Crippen LogP contribution in [0.25, 0.3) is 42.8 Å². The summed E-state index contributed by atoms with van der Waals surface area (Å²) in [7, 11) is -2.79. The molecule has 54 heavy (non-hydrogen) atoms. The van der Waals surface area contributed by atoms with E-state index in [-0.39, 0.29) is 48.9 Å². The summed E-state index contributed by atoms with van der Waals surface area (Å²) in [6.45, 7) is 27.2. The predicted octanol–water partition coefficient (Wildman–Crippen LogP) is 12.3. The van der Waals surface area contributed by atoms with Crippen molar-refractivity contribution in [3.8, 4) is 21.8 Å². The van der Waals surface area contributed by atoms with Crippen LogP contribution in [0.3, 0.4) is 0 Å². The third kappa shape index (κ3) is 9.27. The van der Waals surface area contributed by atoms with Crippen molar-refractivity contribution < 1.29 is 30.0 Å². The van der Waals surface area contributed by atoms with Crippen molar-refractivity contribution >= 4 is 64.6 Å². The van der Waals surface area contributed by atoms with Crippen LogP contribution >= 0.6 is 11.3 Å². The van der Waals surface area contributed by atoms with Gasteiger partial charge in [-0.3, -0.25) is 9.78 Å². The maximum Gasteiger partial charge on any atom is 0.162 e. The molecule has 6 rings (SSSR count). The van der Waals surface area contributed by atoms with Gasteiger partial charge in [0.2, 0.25) is 0 Å². The van der Waals surface area contributed by atoms with Gasteiger partial charge in [0, 0.05) is 60.2 Å². The number of carbonyl (C=O) groups excluding carboxylic acids is 1. The first-order valence-electron chi connectivity index (χ1n) is 19.8. The molecule has 0 saturated carbocycles. The van der Waals surface area contributed by atoms with E-state index in [0.29, 0.717) is 0 Å². The molecule has 0 spiro atoms. The summed E-state index contributed by atoms with van der Waals surface area (Å²) in [5, 5.41) is 16.6. The normalized spacial score (nSPS) is 15.2. The predicted molar refractivity (Wildman–Crippen MR) is 236 cm³/mol. The molecule has 0 fully saturated rings. The molecule has 1 N–H and O–H groups in total. The number of hydrogen-bond donors (Lipinski definition) is 1. The molecule has 1 aliphatic rings. The van der Waals surface area contributed by atoms with Gasteiger partial charge in [0.05, 0.1) is 27.4 Å². The SMILES string of the molecule is CCC(CC)C(=O)/C=C(\O)C(CC)CC.Cc1cnc(-c2[c-]c3ccccc3c(C(C)(C)C)c2)c2sc(-c3ccc4c(c3)[Si](C)(C)CC[Si]4(C)C)nc12.[Ir]. The smallest absolute Gasteiger partial charge is 0.162 e. The number of aliphatic hydroxyl groups excluding tert-OH is 1. The molecule has 5 aromatic rings. The molecule has 0 saturated heterocycles. The van der Waals surface area contributed by atoms with Crippen LogP contribution in [-0.4, -0.2) is 37.0 Å². The Labute approximate surface area is 344 Å². The Morgan fingerprint density at radius 3 is 2.13 bits per heavy atom. The van der Waals surface area contributed by atoms with Gasteiger partial charge in [0.25, 0.3) is 0 Å². The summed E-state index contributed by atoms with van der Waals surface area (Å²) in [5.74, 6) is 0.547. The average molecular weight is 954 g/mol. The van der Waals surface area contributed by atoms with Crippen molar-refractivity contribution in [3.05, 3.63) is 83.8 Å². The van der Waals surface area contributed by atoms with Gasteiger partial charge in [-0.25, -0.2) is 4.98 Å². The van der Waals surface area contributed by atoms with Gasteiger partial charge in [-0.2, -0.15) is 0 Å². The Hall–Kier alpha value is -2.75. The van der Waals surface area contributed by atoms with Crippen LogP contribution in [0.2, 0.25) is 38.3 Å². The minimum Gasteiger partial charge on any atom is -0.512 e. The van der Waals surface area contributed by atoms with E-state index in [0.717, 1.165) is 63.1 Å². The molecule has 3 aromatic carbocycles. The number of benzene rings is 3. The third-order valence-corrected chi connectivity index (χ3v) is 20.3. The zero-order chi connectivity index (χ0) is 38.9. The Balaban J connectivity index is 0.000000347. The van der Waals surface area contributed by atoms with Crippen LogP contribution < -0.4 is 10.4 Å². The number of aryl methyl sites for hydroxylation is 1. The van der Waals surface area contributed by atoms with Crippen LogP contribution in [0.5, 0.6) is 0 Å². The molecule has 4 nitrogen and oxygen atoms in total. The minimum absolute atomic E-state index is 0. The molecule has 0 bridgehead atoms. The first-order valence-corrected chi connectivity index (χ1v) is 27.0. The number of aliphatic hydroxyl groups is 1. The summed E-state index contributed by atoms with van der Waals surface area (Å²) in [6, 6.07) is 24.7. The first kappa shape index (κ1) is 44.0. The number of fused-ring (bicyclic) bond motifs is 3. The molecule has 0 amide bonds. The van der Waals surface area contributed by atoms with Gasteiger partial charge in [-0.15, -0.1) is 40.5 Å². The van der Waals surface area contributed by atoms with Gasteiger partial charge in [-0.05, 0) is 43.6 Å². The number of pyridine rings is 1. The van der Waals surface area contributed by atoms with Gasteiger partial charge < -0.3 is 5.11 Å². The Bertz CT molecular complexity index is 2140. The average Bonchev–Trinajstić information content (AvgIpc) is 3.57. The molecule has 2 aromatic heterocycles. The summed E-state index contributed by atoms with van der Waals surface area (Å²) in [6.07, 6.45) is 6.89. The van der Waals surface area contributed by atoms with Crippen LogP contribution in [0.4, 0.5) is 0 Å². The number of aromatic nitrogens is 2. The minimum atomic E-state index is -1.43. The van der Waals surface area contributed by atoms with Crippen molar-refractivity contribution in [1.29, 1.82) is 0 Å². The fourth-order valence-electron chi connectivity index (χ4n) is 7.82. The van der Waals surface area contributed by atoms with Crippen LogP contribution in [0.15, 0.2) is 66.6 Å². The molecule has 0 aliphatic carbocycles. The molecule has 1 aliphatic heterocycles. The molecule has 291 valence electrons. The topological polar surface area (TPSA) is 63.1 Å². The van der Waals surface area contributed by atoms with Gasteiger partial charge in [0.1, 0.15) is 5.01 Å². The molecule has 0 unspecified atom stereocenters. The zero-order valence-electron chi connectivity index (χ0n) is 34.7. The van der Waals surface area contributed by atoms with E-state index in [1.165, 1.54) is 34.7 Å². The van der Waals surface area contributed by atoms with E-state index < -0.39 is 16.1 Å². The molecule has 8 heteroatoms. The van der Waals surface area contributed by atoms with Crippen LogP contribution in [0, 0.1) is 24.8 Å². The van der Waals surface area contributed by atoms with Crippen molar-refractivity contribution in [2.75, 3.05) is 0 Å². The number of allylic oxidation sites excluding steroid dienone is 2.